The number of nitrogens with two attached hydrogens (primary N) is 1. The Morgan fingerprint density at radius 3 is 2.70 bits per heavy atom. The van der Waals surface area contributed by atoms with Gasteiger partial charge in [0.15, 0.2) is 0 Å². The zero-order chi connectivity index (χ0) is 19.0. The first-order chi connectivity index (χ1) is 13.0. The molecule has 2 amide bonds. The lowest BCUT2D eigenvalue weighted by atomic mass is 9.96. The zero-order valence-electron chi connectivity index (χ0n) is 14.6. The summed E-state index contributed by atoms with van der Waals surface area (Å²) in [5.74, 6) is 0.152. The number of hydrogen-bond acceptors (Lipinski definition) is 5. The fraction of sp³-hybridized carbons (Fsp3) is 0.100. The van der Waals surface area contributed by atoms with Crippen LogP contribution in [0.1, 0.15) is 23.5 Å². The average Bonchev–Trinajstić information content (AvgIpc) is 3.11. The zero-order valence-corrected chi connectivity index (χ0v) is 15.4. The van der Waals surface area contributed by atoms with Crippen LogP contribution in [0.3, 0.4) is 0 Å². The van der Waals surface area contributed by atoms with Gasteiger partial charge < -0.3 is 21.5 Å². The van der Waals surface area contributed by atoms with Gasteiger partial charge in [-0.15, -0.1) is 11.3 Å². The van der Waals surface area contributed by atoms with Crippen molar-refractivity contribution in [1.82, 2.24) is 15.6 Å². The highest BCUT2D eigenvalue weighted by atomic mass is 32.1. The average molecular weight is 378 g/mol. The molecule has 4 rings (SSSR count). The summed E-state index contributed by atoms with van der Waals surface area (Å²) in [6, 6.07) is 13.8. The number of aromatic hydroxyl groups is 1. The van der Waals surface area contributed by atoms with Gasteiger partial charge in [0.25, 0.3) is 0 Å². The molecular weight excluding hydrogens is 360 g/mol. The molecule has 0 radical (unpaired) electrons. The quantitative estimate of drug-likeness (QED) is 0.520. The number of rotatable bonds is 3. The van der Waals surface area contributed by atoms with Gasteiger partial charge in [0, 0.05) is 27.9 Å². The van der Waals surface area contributed by atoms with E-state index in [1.165, 1.54) is 11.3 Å². The first-order valence-corrected chi connectivity index (χ1v) is 9.28. The van der Waals surface area contributed by atoms with Gasteiger partial charge in [-0.1, -0.05) is 24.3 Å². The van der Waals surface area contributed by atoms with E-state index in [0.717, 1.165) is 33.1 Å². The van der Waals surface area contributed by atoms with Gasteiger partial charge in [-0.25, -0.2) is 9.78 Å². The van der Waals surface area contributed by atoms with Crippen molar-refractivity contribution >= 4 is 28.6 Å². The molecular formula is C20H18N4O2S. The molecule has 3 aromatic rings. The molecule has 7 heteroatoms. The van der Waals surface area contributed by atoms with Crippen molar-refractivity contribution in [2.24, 2.45) is 0 Å². The number of hydrogen-bond donors (Lipinski definition) is 4. The maximum atomic E-state index is 12.0. The maximum absolute atomic E-state index is 12.0. The number of aromatic nitrogens is 1. The molecule has 1 aliphatic heterocycles. The van der Waals surface area contributed by atoms with Gasteiger partial charge in [-0.3, -0.25) is 0 Å². The molecule has 6 nitrogen and oxygen atoms in total. The second-order valence-electron chi connectivity index (χ2n) is 6.33. The highest BCUT2D eigenvalue weighted by Crippen LogP contribution is 2.38. The van der Waals surface area contributed by atoms with Crippen LogP contribution >= 0.6 is 11.3 Å². The molecule has 0 spiro atoms. The predicted octanol–water partition coefficient (Wildman–Crippen LogP) is 3.88. The molecule has 1 unspecified atom stereocenters. The summed E-state index contributed by atoms with van der Waals surface area (Å²) in [7, 11) is 0. The lowest BCUT2D eigenvalue weighted by molar-refractivity contribution is 0.240. The van der Waals surface area contributed by atoms with Crippen LogP contribution in [0.5, 0.6) is 5.75 Å². The minimum atomic E-state index is -0.392. The molecule has 5 N–H and O–H groups in total. The number of anilines is 1. The summed E-state index contributed by atoms with van der Waals surface area (Å²) in [6.45, 7) is 1.86. The van der Waals surface area contributed by atoms with Crippen LogP contribution in [0.4, 0.5) is 10.5 Å². The Hall–Kier alpha value is -3.32. The van der Waals surface area contributed by atoms with E-state index in [9.17, 15) is 9.90 Å². The van der Waals surface area contributed by atoms with Gasteiger partial charge in [0.2, 0.25) is 0 Å². The number of urea groups is 1. The molecule has 1 atom stereocenters. The Morgan fingerprint density at radius 1 is 1.19 bits per heavy atom. The Morgan fingerprint density at radius 2 is 1.96 bits per heavy atom. The van der Waals surface area contributed by atoms with Crippen molar-refractivity contribution in [3.8, 4) is 17.0 Å². The summed E-state index contributed by atoms with van der Waals surface area (Å²) in [4.78, 5) is 16.8. The Labute approximate surface area is 160 Å². The van der Waals surface area contributed by atoms with Crippen molar-refractivity contribution in [1.29, 1.82) is 0 Å². The number of carbonyl (C=O) groups is 1. The van der Waals surface area contributed by atoms with E-state index in [2.05, 4.69) is 10.6 Å². The monoisotopic (exact) mass is 378 g/mol. The molecule has 136 valence electrons. The molecule has 0 saturated heterocycles. The smallest absolute Gasteiger partial charge is 0.319 e. The first-order valence-electron chi connectivity index (χ1n) is 8.40. The van der Waals surface area contributed by atoms with Gasteiger partial charge in [0.1, 0.15) is 10.8 Å². The van der Waals surface area contributed by atoms with E-state index >= 15 is 0 Å². The van der Waals surface area contributed by atoms with E-state index in [4.69, 9.17) is 10.7 Å². The number of phenols is 1. The maximum Gasteiger partial charge on any atom is 0.319 e. The van der Waals surface area contributed by atoms with Crippen LogP contribution < -0.4 is 16.4 Å². The van der Waals surface area contributed by atoms with Crippen LogP contribution in [-0.4, -0.2) is 16.1 Å². The standard InChI is InChI=1S/C20H18N4O2S/c1-11-17(18(24-20(26)22-11)13-3-2-4-15(25)9-13)19-23-16(10-27-19)12-5-7-14(21)8-6-12/h2-10,18,25H,21H2,1H3,(H2,22,24,26). The third-order valence-corrected chi connectivity index (χ3v) is 5.29. The molecule has 27 heavy (non-hydrogen) atoms. The van der Waals surface area contributed by atoms with Gasteiger partial charge in [0.05, 0.1) is 11.7 Å². The van der Waals surface area contributed by atoms with Crippen LogP contribution in [-0.2, 0) is 0 Å². The fourth-order valence-corrected chi connectivity index (χ4v) is 4.08. The predicted molar refractivity (Wildman–Crippen MR) is 107 cm³/mol. The summed E-state index contributed by atoms with van der Waals surface area (Å²) < 4.78 is 0. The van der Waals surface area contributed by atoms with Crippen LogP contribution in [0.2, 0.25) is 0 Å². The largest absolute Gasteiger partial charge is 0.508 e. The fourth-order valence-electron chi connectivity index (χ4n) is 3.12. The van der Waals surface area contributed by atoms with Crippen LogP contribution in [0.25, 0.3) is 16.8 Å². The molecule has 2 heterocycles. The highest BCUT2D eigenvalue weighted by Gasteiger charge is 2.29. The van der Waals surface area contributed by atoms with E-state index in [1.807, 2.05) is 42.6 Å². The molecule has 0 fully saturated rings. The number of thiazole rings is 1. The first kappa shape index (κ1) is 17.1. The minimum Gasteiger partial charge on any atom is -0.508 e. The molecule has 2 aromatic carbocycles. The lowest BCUT2D eigenvalue weighted by Gasteiger charge is -2.28. The summed E-state index contributed by atoms with van der Waals surface area (Å²) in [5.41, 5.74) is 10.7. The number of amides is 2. The SMILES string of the molecule is CC1=C(c2nc(-c3ccc(N)cc3)cs2)C(c2cccc(O)c2)NC(=O)N1. The van der Waals surface area contributed by atoms with E-state index in [1.54, 1.807) is 18.2 Å². The Kier molecular flexibility index (Phi) is 4.29. The van der Waals surface area contributed by atoms with Crippen molar-refractivity contribution in [3.63, 3.8) is 0 Å². The van der Waals surface area contributed by atoms with E-state index in [-0.39, 0.29) is 11.8 Å². The van der Waals surface area contributed by atoms with Crippen molar-refractivity contribution < 1.29 is 9.90 Å². The number of benzene rings is 2. The van der Waals surface area contributed by atoms with Crippen molar-refractivity contribution in [3.05, 3.63) is 70.2 Å². The number of allylic oxidation sites excluding steroid dienone is 1. The lowest BCUT2D eigenvalue weighted by Crippen LogP contribution is -2.42. The normalized spacial score (nSPS) is 16.8. The third kappa shape index (κ3) is 3.37. The van der Waals surface area contributed by atoms with E-state index < -0.39 is 6.04 Å². The van der Waals surface area contributed by atoms with Gasteiger partial charge in [-0.05, 0) is 36.8 Å². The number of nitrogen functional groups attached to an aromatic ring is 1. The van der Waals surface area contributed by atoms with Gasteiger partial charge in [-0.2, -0.15) is 0 Å². The Balaban J connectivity index is 1.76. The molecule has 1 aliphatic rings. The number of nitrogens with zero attached hydrogens (tertiary/aromatic N) is 1. The summed E-state index contributed by atoms with van der Waals surface area (Å²) in [6.07, 6.45) is 0. The molecule has 0 aliphatic carbocycles. The highest BCUT2D eigenvalue weighted by molar-refractivity contribution is 7.11. The van der Waals surface area contributed by atoms with Crippen LogP contribution in [0, 0.1) is 0 Å². The summed E-state index contributed by atoms with van der Waals surface area (Å²) in [5, 5.41) is 18.4. The second kappa shape index (κ2) is 6.77. The topological polar surface area (TPSA) is 100 Å². The van der Waals surface area contributed by atoms with Crippen LogP contribution in [0.15, 0.2) is 59.6 Å². The molecule has 1 aromatic heterocycles. The second-order valence-corrected chi connectivity index (χ2v) is 7.18. The third-order valence-electron chi connectivity index (χ3n) is 4.41. The Bertz CT molecular complexity index is 1040. The summed E-state index contributed by atoms with van der Waals surface area (Å²) >= 11 is 1.51. The van der Waals surface area contributed by atoms with E-state index in [0.29, 0.717) is 5.69 Å². The molecule has 0 saturated carbocycles. The molecule has 0 bridgehead atoms. The number of carbonyl (C=O) groups excluding carboxylic acids is 1. The number of nitrogens with one attached hydrogen (secondary N) is 2. The number of phenolic OH excluding ortho intramolecular Hbond substituents is 1. The van der Waals surface area contributed by atoms with Crippen molar-refractivity contribution in [2.45, 2.75) is 13.0 Å². The van der Waals surface area contributed by atoms with Gasteiger partial charge >= 0.3 is 6.03 Å². The van der Waals surface area contributed by atoms with Crippen molar-refractivity contribution in [2.75, 3.05) is 5.73 Å². The minimum absolute atomic E-state index is 0.152.